The fraction of sp³-hybridized carbons (Fsp3) is 0.542. The third-order valence-corrected chi connectivity index (χ3v) is 7.03. The van der Waals surface area contributed by atoms with Crippen LogP contribution >= 0.6 is 0 Å². The topological polar surface area (TPSA) is 82.6 Å². The number of benzene rings is 1. The van der Waals surface area contributed by atoms with Crippen molar-refractivity contribution in [1.82, 2.24) is 25.1 Å². The Morgan fingerprint density at radius 3 is 2.81 bits per heavy atom. The molecule has 2 aromatic rings. The van der Waals surface area contributed by atoms with Gasteiger partial charge in [0.1, 0.15) is 5.82 Å². The van der Waals surface area contributed by atoms with Crippen LogP contribution in [0.1, 0.15) is 34.7 Å². The molecule has 1 aromatic heterocycles. The average molecular weight is 509 g/mol. The van der Waals surface area contributed by atoms with Gasteiger partial charge >= 0.3 is 12.2 Å². The summed E-state index contributed by atoms with van der Waals surface area (Å²) in [5.41, 5.74) is 0.906. The highest BCUT2D eigenvalue weighted by Gasteiger charge is 2.38. The lowest BCUT2D eigenvalue weighted by Crippen LogP contribution is -2.49. The quantitative estimate of drug-likeness (QED) is 0.618. The molecule has 3 aliphatic heterocycles. The van der Waals surface area contributed by atoms with Gasteiger partial charge in [0.2, 0.25) is 5.95 Å². The number of amides is 2. The molecule has 0 saturated carbocycles. The zero-order valence-corrected chi connectivity index (χ0v) is 19.8. The van der Waals surface area contributed by atoms with Crippen molar-refractivity contribution >= 4 is 12.0 Å². The summed E-state index contributed by atoms with van der Waals surface area (Å²) in [4.78, 5) is 25.8. The van der Waals surface area contributed by atoms with E-state index in [-0.39, 0.29) is 24.0 Å². The SMILES string of the molecule is CN1C[C@@H](NC(=O)N2CCc3cnc(NC4CCOC4)nc3C2)[C@H](c2ccc(C(F)(F)F)c(F)c2)C1. The third kappa shape index (κ3) is 5.24. The lowest BCUT2D eigenvalue weighted by Gasteiger charge is -2.30. The fourth-order valence-electron chi connectivity index (χ4n) is 5.10. The molecular formula is C24H28F4N6O2. The Labute approximate surface area is 206 Å². The second-order valence-electron chi connectivity index (χ2n) is 9.66. The predicted octanol–water partition coefficient (Wildman–Crippen LogP) is 3.00. The Morgan fingerprint density at radius 2 is 2.08 bits per heavy atom. The molecule has 36 heavy (non-hydrogen) atoms. The number of carbonyl (C=O) groups is 1. The van der Waals surface area contributed by atoms with Crippen molar-refractivity contribution in [2.45, 2.75) is 43.6 Å². The standard InChI is InChI=1S/C24H28F4N6O2/c1-33-10-17(14-2-3-18(19(25)8-14)24(26,27)28)21(11-33)32-23(35)34-6-4-15-9-29-22(31-20(15)12-34)30-16-5-7-36-13-16/h2-3,8-9,16-17,21H,4-7,10-13H2,1H3,(H,32,35)(H,29,30,31)/t16?,17-,21+/m0/s1. The molecule has 0 spiro atoms. The number of aromatic nitrogens is 2. The van der Waals surface area contributed by atoms with Gasteiger partial charge in [0, 0.05) is 38.4 Å². The molecule has 1 aromatic carbocycles. The van der Waals surface area contributed by atoms with Crippen LogP contribution in [-0.2, 0) is 23.9 Å². The van der Waals surface area contributed by atoms with Crippen molar-refractivity contribution in [2.24, 2.45) is 0 Å². The van der Waals surface area contributed by atoms with Gasteiger partial charge < -0.3 is 25.2 Å². The molecule has 1 unspecified atom stereocenters. The molecule has 194 valence electrons. The van der Waals surface area contributed by atoms with Gasteiger partial charge in [0.25, 0.3) is 0 Å². The van der Waals surface area contributed by atoms with Gasteiger partial charge in [-0.1, -0.05) is 6.07 Å². The lowest BCUT2D eigenvalue weighted by atomic mass is 9.93. The number of nitrogens with zero attached hydrogens (tertiary/aromatic N) is 4. The summed E-state index contributed by atoms with van der Waals surface area (Å²) in [6.45, 7) is 3.12. The van der Waals surface area contributed by atoms with Crippen molar-refractivity contribution < 1.29 is 27.1 Å². The molecule has 3 aliphatic rings. The highest BCUT2D eigenvalue weighted by atomic mass is 19.4. The van der Waals surface area contributed by atoms with Gasteiger partial charge in [-0.3, -0.25) is 0 Å². The smallest absolute Gasteiger partial charge is 0.379 e. The van der Waals surface area contributed by atoms with Gasteiger partial charge in [0.15, 0.2) is 0 Å². The van der Waals surface area contributed by atoms with Gasteiger partial charge in [-0.25, -0.2) is 19.2 Å². The number of nitrogens with one attached hydrogen (secondary N) is 2. The molecule has 2 fully saturated rings. The maximum Gasteiger partial charge on any atom is 0.419 e. The summed E-state index contributed by atoms with van der Waals surface area (Å²) in [5.74, 6) is -1.13. The number of urea groups is 1. The Bertz CT molecular complexity index is 1120. The molecule has 0 bridgehead atoms. The van der Waals surface area contributed by atoms with E-state index in [1.165, 1.54) is 6.07 Å². The van der Waals surface area contributed by atoms with Gasteiger partial charge in [-0.2, -0.15) is 13.2 Å². The largest absolute Gasteiger partial charge is 0.419 e. The molecule has 12 heteroatoms. The highest BCUT2D eigenvalue weighted by molar-refractivity contribution is 5.75. The first kappa shape index (κ1) is 24.7. The summed E-state index contributed by atoms with van der Waals surface area (Å²) < 4.78 is 58.5. The van der Waals surface area contributed by atoms with Gasteiger partial charge in [0.05, 0.1) is 36.5 Å². The second-order valence-corrected chi connectivity index (χ2v) is 9.66. The Balaban J connectivity index is 1.26. The Morgan fingerprint density at radius 1 is 1.25 bits per heavy atom. The molecule has 5 rings (SSSR count). The molecule has 0 aliphatic carbocycles. The van der Waals surface area contributed by atoms with E-state index < -0.39 is 17.6 Å². The number of ether oxygens (including phenoxy) is 1. The van der Waals surface area contributed by atoms with Crippen molar-refractivity contribution in [3.05, 3.63) is 52.6 Å². The van der Waals surface area contributed by atoms with E-state index >= 15 is 0 Å². The first-order valence-corrected chi connectivity index (χ1v) is 12.0. The first-order valence-electron chi connectivity index (χ1n) is 12.0. The number of halogens is 4. The van der Waals surface area contributed by atoms with E-state index in [1.54, 1.807) is 11.1 Å². The van der Waals surface area contributed by atoms with Crippen LogP contribution in [0.3, 0.4) is 0 Å². The molecule has 3 atom stereocenters. The molecule has 2 amide bonds. The van der Waals surface area contributed by atoms with Crippen LogP contribution in [0.25, 0.3) is 0 Å². The summed E-state index contributed by atoms with van der Waals surface area (Å²) >= 11 is 0. The molecule has 2 N–H and O–H groups in total. The van der Waals surface area contributed by atoms with Crippen LogP contribution in [0.15, 0.2) is 24.4 Å². The summed E-state index contributed by atoms with van der Waals surface area (Å²) in [6, 6.07) is 2.52. The van der Waals surface area contributed by atoms with E-state index in [0.717, 1.165) is 29.8 Å². The first-order chi connectivity index (χ1) is 17.2. The van der Waals surface area contributed by atoms with Crippen molar-refractivity contribution in [3.8, 4) is 0 Å². The number of hydrogen-bond acceptors (Lipinski definition) is 6. The van der Waals surface area contributed by atoms with E-state index in [0.29, 0.717) is 57.3 Å². The average Bonchev–Trinajstić information content (AvgIpc) is 3.47. The number of anilines is 1. The van der Waals surface area contributed by atoms with Crippen LogP contribution in [0.5, 0.6) is 0 Å². The van der Waals surface area contributed by atoms with Crippen molar-refractivity contribution in [3.63, 3.8) is 0 Å². The number of likely N-dealkylation sites (N-methyl/N-ethyl adjacent to an activating group) is 1. The van der Waals surface area contributed by atoms with E-state index in [2.05, 4.69) is 20.6 Å². The molecule has 0 radical (unpaired) electrons. The number of likely N-dealkylation sites (tertiary alicyclic amines) is 1. The normalized spacial score (nSPS) is 24.6. The summed E-state index contributed by atoms with van der Waals surface area (Å²) in [7, 11) is 1.86. The summed E-state index contributed by atoms with van der Waals surface area (Å²) in [6.07, 6.45) is -1.46. The van der Waals surface area contributed by atoms with Crippen LogP contribution in [0, 0.1) is 5.82 Å². The minimum absolute atomic E-state index is 0.164. The van der Waals surface area contributed by atoms with Crippen LogP contribution in [0.4, 0.5) is 28.3 Å². The van der Waals surface area contributed by atoms with Crippen LogP contribution in [0.2, 0.25) is 0 Å². The van der Waals surface area contributed by atoms with Crippen molar-refractivity contribution in [1.29, 1.82) is 0 Å². The van der Waals surface area contributed by atoms with Gasteiger partial charge in [-0.05, 0) is 43.1 Å². The minimum Gasteiger partial charge on any atom is -0.379 e. The number of hydrogen-bond donors (Lipinski definition) is 2. The maximum atomic E-state index is 14.2. The Kier molecular flexibility index (Phi) is 6.73. The molecule has 8 nitrogen and oxygen atoms in total. The lowest BCUT2D eigenvalue weighted by molar-refractivity contribution is -0.140. The zero-order chi connectivity index (χ0) is 25.4. The highest BCUT2D eigenvalue weighted by Crippen LogP contribution is 2.34. The maximum absolute atomic E-state index is 14.2. The predicted molar refractivity (Wildman–Crippen MR) is 123 cm³/mol. The minimum atomic E-state index is -4.75. The van der Waals surface area contributed by atoms with Crippen LogP contribution in [-0.4, -0.2) is 77.8 Å². The monoisotopic (exact) mass is 508 g/mol. The Hall–Kier alpha value is -2.99. The molecular weight excluding hydrogens is 480 g/mol. The molecule has 4 heterocycles. The van der Waals surface area contributed by atoms with E-state index in [1.807, 2.05) is 11.9 Å². The number of carbonyl (C=O) groups excluding carboxylic acids is 1. The van der Waals surface area contributed by atoms with E-state index in [4.69, 9.17) is 4.74 Å². The number of alkyl halides is 3. The number of fused-ring (bicyclic) bond motifs is 1. The van der Waals surface area contributed by atoms with Gasteiger partial charge in [-0.15, -0.1) is 0 Å². The van der Waals surface area contributed by atoms with Crippen molar-refractivity contribution in [2.75, 3.05) is 45.2 Å². The third-order valence-electron chi connectivity index (χ3n) is 7.03. The van der Waals surface area contributed by atoms with E-state index in [9.17, 15) is 22.4 Å². The van der Waals surface area contributed by atoms with Crippen LogP contribution < -0.4 is 10.6 Å². The number of rotatable bonds is 4. The fourth-order valence-corrected chi connectivity index (χ4v) is 5.10. The second kappa shape index (κ2) is 9.81. The zero-order valence-electron chi connectivity index (χ0n) is 19.8. The molecule has 2 saturated heterocycles. The summed E-state index contributed by atoms with van der Waals surface area (Å²) in [5, 5.41) is 6.29.